The minimum Gasteiger partial charge on any atom is -0.616 e. The van der Waals surface area contributed by atoms with Crippen LogP contribution in [0.1, 0.15) is 27.2 Å². The maximum Gasteiger partial charge on any atom is 0.117 e. The highest BCUT2D eigenvalue weighted by Crippen LogP contribution is 2.07. The van der Waals surface area contributed by atoms with E-state index < -0.39 is 11.2 Å². The molecule has 3 nitrogen and oxygen atoms in total. The van der Waals surface area contributed by atoms with E-state index in [1.807, 2.05) is 20.8 Å². The molecule has 0 bridgehead atoms. The van der Waals surface area contributed by atoms with Crippen LogP contribution in [-0.2, 0) is 15.9 Å². The molecule has 0 aliphatic carbocycles. The summed E-state index contributed by atoms with van der Waals surface area (Å²) in [6.07, 6.45) is 0.851. The van der Waals surface area contributed by atoms with Gasteiger partial charge in [-0.15, -0.1) is 0 Å². The Morgan fingerprint density at radius 1 is 1.31 bits per heavy atom. The van der Waals surface area contributed by atoms with Gasteiger partial charge in [0.2, 0.25) is 0 Å². The summed E-state index contributed by atoms with van der Waals surface area (Å²) in [4.78, 5) is 0. The second kappa shape index (κ2) is 6.65. The summed E-state index contributed by atoms with van der Waals surface area (Å²) < 4.78 is 16.6. The van der Waals surface area contributed by atoms with E-state index in [9.17, 15) is 4.55 Å². The second-order valence-corrected chi connectivity index (χ2v) is 5.65. The van der Waals surface area contributed by atoms with Crippen LogP contribution in [0.15, 0.2) is 0 Å². The zero-order chi connectivity index (χ0) is 10.3. The van der Waals surface area contributed by atoms with Gasteiger partial charge in [0.05, 0.1) is 12.2 Å². The van der Waals surface area contributed by atoms with Crippen LogP contribution in [0.3, 0.4) is 0 Å². The highest BCUT2D eigenvalue weighted by Gasteiger charge is 2.10. The van der Waals surface area contributed by atoms with Crippen molar-refractivity contribution in [1.29, 1.82) is 0 Å². The quantitative estimate of drug-likeness (QED) is 0.520. The molecule has 1 atom stereocenters. The van der Waals surface area contributed by atoms with Crippen LogP contribution in [0.4, 0.5) is 0 Å². The molecule has 0 saturated carbocycles. The van der Waals surface area contributed by atoms with Crippen LogP contribution in [0.2, 0.25) is 0 Å². The van der Waals surface area contributed by atoms with E-state index in [1.54, 1.807) is 0 Å². The fourth-order valence-electron chi connectivity index (χ4n) is 0.832. The highest BCUT2D eigenvalue weighted by atomic mass is 32.2. The van der Waals surface area contributed by atoms with Crippen molar-refractivity contribution >= 4 is 11.2 Å². The standard InChI is InChI=1S/C9H21NO2S/c1-9(2,3)12-6-4-7-13(11)8-5-10/h4-8,10H2,1-3H3. The molecule has 0 rings (SSSR count). The predicted octanol–water partition coefficient (Wildman–Crippen LogP) is 0.899. The van der Waals surface area contributed by atoms with Crippen molar-refractivity contribution in [2.45, 2.75) is 32.8 Å². The number of ether oxygens (including phenoxy) is 1. The Bertz CT molecular complexity index is 125. The molecule has 0 fully saturated rings. The Morgan fingerprint density at radius 2 is 1.92 bits per heavy atom. The largest absolute Gasteiger partial charge is 0.616 e. The average Bonchev–Trinajstić information content (AvgIpc) is 1.97. The first-order valence-corrected chi connectivity index (χ1v) is 6.13. The molecule has 80 valence electrons. The summed E-state index contributed by atoms with van der Waals surface area (Å²) >= 11 is -0.753. The molecular weight excluding hydrogens is 186 g/mol. The summed E-state index contributed by atoms with van der Waals surface area (Å²) in [7, 11) is 0. The van der Waals surface area contributed by atoms with Crippen LogP contribution in [0.25, 0.3) is 0 Å². The number of nitrogens with two attached hydrogens (primary N) is 1. The second-order valence-electron chi connectivity index (χ2n) is 3.95. The fourth-order valence-corrected chi connectivity index (χ4v) is 1.74. The topological polar surface area (TPSA) is 58.3 Å². The monoisotopic (exact) mass is 207 g/mol. The molecule has 0 aromatic heterocycles. The average molecular weight is 207 g/mol. The van der Waals surface area contributed by atoms with Crippen LogP contribution >= 0.6 is 0 Å². The molecule has 0 amide bonds. The molecule has 0 heterocycles. The lowest BCUT2D eigenvalue weighted by atomic mass is 10.2. The first kappa shape index (κ1) is 13.2. The van der Waals surface area contributed by atoms with Gasteiger partial charge >= 0.3 is 0 Å². The predicted molar refractivity (Wildman–Crippen MR) is 57.3 cm³/mol. The van der Waals surface area contributed by atoms with Crippen LogP contribution < -0.4 is 5.73 Å². The summed E-state index contributed by atoms with van der Waals surface area (Å²) in [5, 5.41) is 0. The molecule has 0 aromatic rings. The van der Waals surface area contributed by atoms with E-state index in [0.29, 0.717) is 24.7 Å². The van der Waals surface area contributed by atoms with Crippen molar-refractivity contribution in [1.82, 2.24) is 0 Å². The molecule has 0 aromatic carbocycles. The van der Waals surface area contributed by atoms with E-state index in [0.717, 1.165) is 6.42 Å². The normalized spacial score (nSPS) is 14.5. The van der Waals surface area contributed by atoms with Gasteiger partial charge < -0.3 is 15.0 Å². The smallest absolute Gasteiger partial charge is 0.117 e. The van der Waals surface area contributed by atoms with E-state index in [1.165, 1.54) is 0 Å². The van der Waals surface area contributed by atoms with Gasteiger partial charge in [-0.1, -0.05) is 11.2 Å². The summed E-state index contributed by atoms with van der Waals surface area (Å²) in [5.41, 5.74) is 5.19. The van der Waals surface area contributed by atoms with E-state index in [4.69, 9.17) is 10.5 Å². The van der Waals surface area contributed by atoms with Gasteiger partial charge in [0.1, 0.15) is 11.5 Å². The minimum absolute atomic E-state index is 0.0879. The molecule has 0 aliphatic heterocycles. The summed E-state index contributed by atoms with van der Waals surface area (Å²) in [5.74, 6) is 1.31. The lowest BCUT2D eigenvalue weighted by molar-refractivity contribution is -0.00210. The number of hydrogen-bond acceptors (Lipinski definition) is 3. The van der Waals surface area contributed by atoms with E-state index >= 15 is 0 Å². The molecular formula is C9H21NO2S. The molecule has 13 heavy (non-hydrogen) atoms. The number of hydrogen-bond donors (Lipinski definition) is 1. The maximum atomic E-state index is 11.1. The van der Waals surface area contributed by atoms with Crippen molar-refractivity contribution in [3.63, 3.8) is 0 Å². The van der Waals surface area contributed by atoms with Gasteiger partial charge in [0, 0.05) is 13.0 Å². The Labute approximate surface area is 84.2 Å². The zero-order valence-electron chi connectivity index (χ0n) is 8.84. The first-order chi connectivity index (χ1) is 5.95. The Hall–Kier alpha value is 0.230. The van der Waals surface area contributed by atoms with E-state index in [2.05, 4.69) is 0 Å². The Morgan fingerprint density at radius 3 is 2.38 bits per heavy atom. The number of rotatable bonds is 6. The first-order valence-electron chi connectivity index (χ1n) is 4.65. The van der Waals surface area contributed by atoms with Crippen molar-refractivity contribution in [2.24, 2.45) is 5.73 Å². The molecule has 0 spiro atoms. The van der Waals surface area contributed by atoms with Crippen molar-refractivity contribution in [3.8, 4) is 0 Å². The van der Waals surface area contributed by atoms with Crippen molar-refractivity contribution in [2.75, 3.05) is 24.7 Å². The molecule has 4 heteroatoms. The Balaban J connectivity index is 3.25. The van der Waals surface area contributed by atoms with Gasteiger partial charge in [0.15, 0.2) is 0 Å². The molecule has 1 unspecified atom stereocenters. The molecule has 0 radical (unpaired) electrons. The maximum absolute atomic E-state index is 11.1. The summed E-state index contributed by atoms with van der Waals surface area (Å²) in [6.45, 7) is 7.24. The summed E-state index contributed by atoms with van der Waals surface area (Å²) in [6, 6.07) is 0. The zero-order valence-corrected chi connectivity index (χ0v) is 9.65. The molecule has 0 saturated heterocycles. The van der Waals surface area contributed by atoms with Gasteiger partial charge in [0.25, 0.3) is 0 Å². The third-order valence-corrected chi connectivity index (χ3v) is 2.83. The minimum atomic E-state index is -0.753. The van der Waals surface area contributed by atoms with Gasteiger partial charge in [-0.2, -0.15) is 0 Å². The van der Waals surface area contributed by atoms with Crippen LogP contribution in [0.5, 0.6) is 0 Å². The SMILES string of the molecule is CC(C)(C)OCCC[S+]([O-])CCN. The Kier molecular flexibility index (Phi) is 6.77. The fraction of sp³-hybridized carbons (Fsp3) is 1.00. The third-order valence-electron chi connectivity index (χ3n) is 1.40. The van der Waals surface area contributed by atoms with Gasteiger partial charge in [-0.25, -0.2) is 0 Å². The van der Waals surface area contributed by atoms with Crippen LogP contribution in [0, 0.1) is 0 Å². The molecule has 0 aliphatic rings. The van der Waals surface area contributed by atoms with Crippen molar-refractivity contribution in [3.05, 3.63) is 0 Å². The van der Waals surface area contributed by atoms with Gasteiger partial charge in [-0.05, 0) is 20.8 Å². The lowest BCUT2D eigenvalue weighted by Gasteiger charge is -2.19. The van der Waals surface area contributed by atoms with E-state index in [-0.39, 0.29) is 5.60 Å². The third kappa shape index (κ3) is 10.1. The lowest BCUT2D eigenvalue weighted by Crippen LogP contribution is -2.23. The van der Waals surface area contributed by atoms with Gasteiger partial charge in [-0.3, -0.25) is 0 Å². The van der Waals surface area contributed by atoms with Crippen LogP contribution in [-0.4, -0.2) is 34.8 Å². The van der Waals surface area contributed by atoms with Crippen molar-refractivity contribution < 1.29 is 9.29 Å². The highest BCUT2D eigenvalue weighted by molar-refractivity contribution is 7.91. The molecule has 2 N–H and O–H groups in total.